The van der Waals surface area contributed by atoms with Gasteiger partial charge in [-0.1, -0.05) is 55.5 Å². The zero-order valence-electron chi connectivity index (χ0n) is 17.1. The maximum absolute atomic E-state index is 12.5. The van der Waals surface area contributed by atoms with Gasteiger partial charge in [0, 0.05) is 17.5 Å². The van der Waals surface area contributed by atoms with Crippen molar-refractivity contribution in [2.24, 2.45) is 5.73 Å². The fraction of sp³-hybridized carbons (Fsp3) is 0.435. The Morgan fingerprint density at radius 2 is 1.85 bits per heavy atom. The van der Waals surface area contributed by atoms with Crippen LogP contribution in [0.25, 0.3) is 0 Å². The Bertz CT molecular complexity index is 662. The third kappa shape index (κ3) is 7.43. The first kappa shape index (κ1) is 22.7. The zero-order chi connectivity index (χ0) is 20.1. The van der Waals surface area contributed by atoms with Crippen molar-refractivity contribution in [3.63, 3.8) is 0 Å². The van der Waals surface area contributed by atoms with Crippen LogP contribution in [0, 0.1) is 0 Å². The van der Waals surface area contributed by atoms with E-state index in [-0.39, 0.29) is 11.3 Å². The molecule has 1 unspecified atom stereocenters. The Morgan fingerprint density at radius 1 is 1.19 bits per heavy atom. The molecule has 0 radical (unpaired) electrons. The molecule has 148 valence electrons. The van der Waals surface area contributed by atoms with Crippen molar-refractivity contribution in [1.82, 2.24) is 5.32 Å². The fourth-order valence-electron chi connectivity index (χ4n) is 3.00. The van der Waals surface area contributed by atoms with Crippen LogP contribution in [0.15, 0.2) is 66.0 Å². The van der Waals surface area contributed by atoms with Crippen LogP contribution in [0.4, 0.5) is 0 Å². The van der Waals surface area contributed by atoms with Crippen molar-refractivity contribution < 1.29 is 9.53 Å². The summed E-state index contributed by atoms with van der Waals surface area (Å²) in [5, 5.41) is 3.12. The molecule has 0 saturated carbocycles. The van der Waals surface area contributed by atoms with Gasteiger partial charge in [0.05, 0.1) is 12.9 Å². The van der Waals surface area contributed by atoms with Gasteiger partial charge in [-0.3, -0.25) is 4.79 Å². The molecule has 1 aromatic rings. The van der Waals surface area contributed by atoms with Gasteiger partial charge in [-0.15, -0.1) is 0 Å². The molecule has 4 nitrogen and oxygen atoms in total. The minimum Gasteiger partial charge on any atom is -0.501 e. The Labute approximate surface area is 164 Å². The largest absolute Gasteiger partial charge is 0.501 e. The second-order valence-electron chi connectivity index (χ2n) is 6.79. The number of rotatable bonds is 11. The number of hydrogen-bond donors (Lipinski definition) is 2. The fourth-order valence-corrected chi connectivity index (χ4v) is 3.00. The number of methoxy groups -OCH3 is 1. The molecule has 1 amide bonds. The Kier molecular flexibility index (Phi) is 10.2. The number of nitrogens with one attached hydrogen (secondary N) is 1. The van der Waals surface area contributed by atoms with Crippen molar-refractivity contribution in [3.05, 3.63) is 71.5 Å². The lowest BCUT2D eigenvalue weighted by Crippen LogP contribution is -2.41. The smallest absolute Gasteiger partial charge is 0.246 e. The van der Waals surface area contributed by atoms with E-state index >= 15 is 0 Å². The van der Waals surface area contributed by atoms with Gasteiger partial charge in [0.25, 0.3) is 0 Å². The van der Waals surface area contributed by atoms with E-state index in [0.717, 1.165) is 25.0 Å². The van der Waals surface area contributed by atoms with Crippen molar-refractivity contribution in [1.29, 1.82) is 0 Å². The molecule has 0 saturated heterocycles. The summed E-state index contributed by atoms with van der Waals surface area (Å²) in [6.07, 6.45) is 10.2. The highest BCUT2D eigenvalue weighted by Crippen LogP contribution is 2.32. The van der Waals surface area contributed by atoms with E-state index in [1.807, 2.05) is 44.2 Å². The van der Waals surface area contributed by atoms with Gasteiger partial charge in [0.1, 0.15) is 0 Å². The van der Waals surface area contributed by atoms with Crippen LogP contribution in [-0.4, -0.2) is 26.1 Å². The molecule has 4 heteroatoms. The van der Waals surface area contributed by atoms with E-state index < -0.39 is 0 Å². The summed E-state index contributed by atoms with van der Waals surface area (Å²) in [6, 6.07) is 10.4. The lowest BCUT2D eigenvalue weighted by atomic mass is 9.74. The summed E-state index contributed by atoms with van der Waals surface area (Å²) in [4.78, 5) is 12.5. The summed E-state index contributed by atoms with van der Waals surface area (Å²) in [5.41, 5.74) is 7.59. The molecule has 27 heavy (non-hydrogen) atoms. The van der Waals surface area contributed by atoms with Crippen LogP contribution in [0.3, 0.4) is 0 Å². The molecule has 0 aromatic heterocycles. The summed E-state index contributed by atoms with van der Waals surface area (Å²) in [6.45, 7) is 7.13. The zero-order valence-corrected chi connectivity index (χ0v) is 17.1. The summed E-state index contributed by atoms with van der Waals surface area (Å²) >= 11 is 0. The van der Waals surface area contributed by atoms with Crippen molar-refractivity contribution in [2.75, 3.05) is 20.2 Å². The SMILES string of the molecule is CCC(CCCN)(CNC(=O)/C(C)=C/C=C\C=C(/C)OC)c1ccccc1. The molecule has 1 aromatic carbocycles. The molecular formula is C23H34N2O2. The highest BCUT2D eigenvalue weighted by molar-refractivity contribution is 5.93. The molecule has 0 aliphatic rings. The van der Waals surface area contributed by atoms with E-state index in [9.17, 15) is 4.79 Å². The standard InChI is InChI=1S/C23H34N2O2/c1-5-23(16-11-17-24,21-14-7-6-8-15-21)18-25-22(26)19(2)12-9-10-13-20(3)27-4/h6-10,12-15H,5,11,16-18,24H2,1-4H3,(H,25,26)/b10-9-,19-12+,20-13+. The topological polar surface area (TPSA) is 64.3 Å². The van der Waals surface area contributed by atoms with Gasteiger partial charge in [0.15, 0.2) is 0 Å². The van der Waals surface area contributed by atoms with E-state index in [0.29, 0.717) is 18.7 Å². The van der Waals surface area contributed by atoms with Crippen molar-refractivity contribution in [3.8, 4) is 0 Å². The highest BCUT2D eigenvalue weighted by Gasteiger charge is 2.30. The number of allylic oxidation sites excluding steroid dienone is 5. The molecule has 1 atom stereocenters. The van der Waals surface area contributed by atoms with Gasteiger partial charge < -0.3 is 15.8 Å². The van der Waals surface area contributed by atoms with Crippen LogP contribution < -0.4 is 11.1 Å². The lowest BCUT2D eigenvalue weighted by molar-refractivity contribution is -0.117. The van der Waals surface area contributed by atoms with E-state index in [4.69, 9.17) is 10.5 Å². The van der Waals surface area contributed by atoms with Crippen LogP contribution >= 0.6 is 0 Å². The molecule has 3 N–H and O–H groups in total. The highest BCUT2D eigenvalue weighted by atomic mass is 16.5. The Morgan fingerprint density at radius 3 is 2.44 bits per heavy atom. The minimum absolute atomic E-state index is 0.0476. The number of benzene rings is 1. The minimum atomic E-state index is -0.0925. The summed E-state index contributed by atoms with van der Waals surface area (Å²) in [7, 11) is 1.63. The second-order valence-corrected chi connectivity index (χ2v) is 6.79. The first-order valence-corrected chi connectivity index (χ1v) is 9.58. The molecule has 0 bridgehead atoms. The average Bonchev–Trinajstić information content (AvgIpc) is 2.71. The van der Waals surface area contributed by atoms with Crippen LogP contribution in [0.1, 0.15) is 45.6 Å². The third-order valence-corrected chi connectivity index (χ3v) is 4.98. The van der Waals surface area contributed by atoms with Crippen LogP contribution in [0.5, 0.6) is 0 Å². The van der Waals surface area contributed by atoms with Crippen molar-refractivity contribution >= 4 is 5.91 Å². The maximum atomic E-state index is 12.5. The number of carbonyl (C=O) groups is 1. The Hall–Kier alpha value is -2.33. The number of ether oxygens (including phenoxy) is 1. The predicted molar refractivity (Wildman–Crippen MR) is 113 cm³/mol. The van der Waals surface area contributed by atoms with Gasteiger partial charge >= 0.3 is 0 Å². The summed E-state index contributed by atoms with van der Waals surface area (Å²) in [5.74, 6) is 0.769. The molecule has 1 rings (SSSR count). The van der Waals surface area contributed by atoms with Gasteiger partial charge in [0.2, 0.25) is 5.91 Å². The van der Waals surface area contributed by atoms with Crippen LogP contribution in [-0.2, 0) is 14.9 Å². The van der Waals surface area contributed by atoms with Crippen LogP contribution in [0.2, 0.25) is 0 Å². The second kappa shape index (κ2) is 12.1. The molecule has 0 spiro atoms. The van der Waals surface area contributed by atoms with E-state index in [1.165, 1.54) is 5.56 Å². The first-order valence-electron chi connectivity index (χ1n) is 9.58. The first-order chi connectivity index (χ1) is 13.0. The lowest BCUT2D eigenvalue weighted by Gasteiger charge is -2.34. The van der Waals surface area contributed by atoms with Gasteiger partial charge in [-0.25, -0.2) is 0 Å². The molecule has 0 fully saturated rings. The number of nitrogens with two attached hydrogens (primary N) is 1. The Balaban J connectivity index is 2.83. The molecule has 0 aliphatic heterocycles. The number of amides is 1. The normalized spacial score (nSPS) is 14.9. The number of carbonyl (C=O) groups excluding carboxylic acids is 1. The van der Waals surface area contributed by atoms with Gasteiger partial charge in [-0.2, -0.15) is 0 Å². The van der Waals surface area contributed by atoms with E-state index in [1.54, 1.807) is 7.11 Å². The molecule has 0 heterocycles. The molecule has 0 aliphatic carbocycles. The average molecular weight is 371 g/mol. The maximum Gasteiger partial charge on any atom is 0.246 e. The predicted octanol–water partition coefficient (Wildman–Crippen LogP) is 4.24. The van der Waals surface area contributed by atoms with Crippen molar-refractivity contribution in [2.45, 2.75) is 45.4 Å². The number of hydrogen-bond acceptors (Lipinski definition) is 3. The third-order valence-electron chi connectivity index (χ3n) is 4.98. The molecular weight excluding hydrogens is 336 g/mol. The van der Waals surface area contributed by atoms with Gasteiger partial charge in [-0.05, 0) is 51.3 Å². The quantitative estimate of drug-likeness (QED) is 0.348. The summed E-state index contributed by atoms with van der Waals surface area (Å²) < 4.78 is 5.07. The monoisotopic (exact) mass is 370 g/mol. The van der Waals surface area contributed by atoms with E-state index in [2.05, 4.69) is 36.5 Å².